The van der Waals surface area contributed by atoms with Crippen LogP contribution in [0.4, 0.5) is 18.9 Å². The molecule has 1 fully saturated rings. The van der Waals surface area contributed by atoms with Crippen LogP contribution in [-0.4, -0.2) is 46.4 Å². The van der Waals surface area contributed by atoms with Crippen LogP contribution < -0.4 is 5.01 Å². The normalized spacial score (nSPS) is 18.1. The Labute approximate surface area is 213 Å². The number of carboxylic acid groups (broad SMARTS) is 1. The zero-order valence-corrected chi connectivity index (χ0v) is 21.5. The minimum Gasteiger partial charge on any atom is -0.477 e. The number of amides is 1. The minimum atomic E-state index is -4.66. The molecule has 0 saturated carbocycles. The van der Waals surface area contributed by atoms with Crippen molar-refractivity contribution in [1.82, 2.24) is 5.01 Å². The average molecular weight is 527 g/mol. The smallest absolute Gasteiger partial charge is 0.401 e. The van der Waals surface area contributed by atoms with E-state index < -0.39 is 36.6 Å². The topological polar surface area (TPSA) is 81.1 Å². The summed E-state index contributed by atoms with van der Waals surface area (Å²) in [7, 11) is 0. The van der Waals surface area contributed by atoms with Crippen molar-refractivity contribution < 1.29 is 33.0 Å². The van der Waals surface area contributed by atoms with Crippen molar-refractivity contribution in [1.29, 1.82) is 0 Å². The van der Waals surface area contributed by atoms with Crippen LogP contribution in [0.3, 0.4) is 0 Å². The number of halogens is 3. The van der Waals surface area contributed by atoms with E-state index in [1.165, 1.54) is 11.1 Å². The van der Waals surface area contributed by atoms with Crippen LogP contribution in [0.1, 0.15) is 72.7 Å². The zero-order valence-electron chi connectivity index (χ0n) is 20.7. The largest absolute Gasteiger partial charge is 0.477 e. The van der Waals surface area contributed by atoms with Gasteiger partial charge in [-0.3, -0.25) is 4.79 Å². The van der Waals surface area contributed by atoms with E-state index in [9.17, 15) is 27.9 Å². The lowest BCUT2D eigenvalue weighted by Gasteiger charge is -2.28. The van der Waals surface area contributed by atoms with Crippen molar-refractivity contribution in [3.8, 4) is 0 Å². The fourth-order valence-electron chi connectivity index (χ4n) is 4.28. The molecular formula is C26H33F3N2O4S. The van der Waals surface area contributed by atoms with Gasteiger partial charge in [0.1, 0.15) is 10.8 Å². The first-order valence-electron chi connectivity index (χ1n) is 12.0. The maximum Gasteiger partial charge on any atom is 0.401 e. The number of hydrogen-bond donors (Lipinski definition) is 2. The lowest BCUT2D eigenvalue weighted by Crippen LogP contribution is -2.40. The number of carbonyl (C=O) groups excluding carboxylic acids is 1. The van der Waals surface area contributed by atoms with Crippen molar-refractivity contribution >= 4 is 28.9 Å². The van der Waals surface area contributed by atoms with E-state index in [1.54, 1.807) is 30.3 Å². The number of nitrogens with zero attached hydrogens (tertiary/aromatic N) is 2. The Bertz CT molecular complexity index is 1050. The third kappa shape index (κ3) is 7.30. The number of aliphatic hydroxyl groups is 1. The summed E-state index contributed by atoms with van der Waals surface area (Å²) >= 11 is 1.13. The molecule has 3 rings (SSSR count). The van der Waals surface area contributed by atoms with Gasteiger partial charge < -0.3 is 10.2 Å². The van der Waals surface area contributed by atoms with Crippen molar-refractivity contribution in [3.63, 3.8) is 0 Å². The van der Waals surface area contributed by atoms with Gasteiger partial charge in [0.25, 0.3) is 5.91 Å². The number of aryl methyl sites for hydroxylation is 1. The first-order valence-corrected chi connectivity index (χ1v) is 12.8. The first kappa shape index (κ1) is 28.1. The highest BCUT2D eigenvalue weighted by molar-refractivity contribution is 7.13. The molecule has 2 aromatic rings. The zero-order chi connectivity index (χ0) is 26.7. The predicted molar refractivity (Wildman–Crippen MR) is 133 cm³/mol. The maximum absolute atomic E-state index is 13.6. The molecule has 2 heterocycles. The molecule has 198 valence electrons. The summed E-state index contributed by atoms with van der Waals surface area (Å²) in [5.74, 6) is -4.15. The predicted octanol–water partition coefficient (Wildman–Crippen LogP) is 6.07. The van der Waals surface area contributed by atoms with Crippen molar-refractivity contribution in [3.05, 3.63) is 51.7 Å². The number of rotatable bonds is 10. The molecule has 6 nitrogen and oxygen atoms in total. The van der Waals surface area contributed by atoms with Crippen molar-refractivity contribution in [2.24, 2.45) is 11.3 Å². The number of aromatic carboxylic acids is 1. The summed E-state index contributed by atoms with van der Waals surface area (Å²) in [6.45, 7) is 6.14. The molecule has 0 aliphatic carbocycles. The fraction of sp³-hybridized carbons (Fsp3) is 0.538. The maximum atomic E-state index is 13.6. The Kier molecular flexibility index (Phi) is 8.84. The Hall–Kier alpha value is -2.43. The number of benzene rings is 1. The highest BCUT2D eigenvalue weighted by atomic mass is 32.1. The molecule has 0 spiro atoms. The van der Waals surface area contributed by atoms with Gasteiger partial charge in [0.15, 0.2) is 0 Å². The van der Waals surface area contributed by atoms with Crippen LogP contribution in [0.5, 0.6) is 0 Å². The SMILES string of the molecule is CC(C)(C)CCCC(O)c1ccc(N2C(=O)C(C(F)(F)F)CN2CCCc2ccc(C(=O)O)s2)cc1. The van der Waals surface area contributed by atoms with E-state index in [1.807, 2.05) is 0 Å². The second-order valence-electron chi connectivity index (χ2n) is 10.4. The lowest BCUT2D eigenvalue weighted by molar-refractivity contribution is -0.175. The molecule has 1 aromatic carbocycles. The average Bonchev–Trinajstić information content (AvgIpc) is 3.37. The number of hydrogen-bond acceptors (Lipinski definition) is 5. The van der Waals surface area contributed by atoms with Gasteiger partial charge >= 0.3 is 12.1 Å². The van der Waals surface area contributed by atoms with Crippen LogP contribution in [0, 0.1) is 11.3 Å². The van der Waals surface area contributed by atoms with Gasteiger partial charge in [0.2, 0.25) is 0 Å². The quantitative estimate of drug-likeness (QED) is 0.393. The van der Waals surface area contributed by atoms with Gasteiger partial charge in [-0.2, -0.15) is 13.2 Å². The second kappa shape index (κ2) is 11.3. The highest BCUT2D eigenvalue weighted by Gasteiger charge is 2.53. The summed E-state index contributed by atoms with van der Waals surface area (Å²) in [6, 6.07) is 9.66. The molecule has 1 amide bonds. The fourth-order valence-corrected chi connectivity index (χ4v) is 5.16. The highest BCUT2D eigenvalue weighted by Crippen LogP contribution is 2.37. The molecule has 1 saturated heterocycles. The van der Waals surface area contributed by atoms with Gasteiger partial charge in [0.05, 0.1) is 11.8 Å². The van der Waals surface area contributed by atoms with E-state index >= 15 is 0 Å². The Morgan fingerprint density at radius 2 is 1.78 bits per heavy atom. The van der Waals surface area contributed by atoms with Gasteiger partial charge in [-0.15, -0.1) is 11.3 Å². The number of aliphatic hydroxyl groups excluding tert-OH is 1. The van der Waals surface area contributed by atoms with Crippen LogP contribution in [0.25, 0.3) is 0 Å². The molecule has 36 heavy (non-hydrogen) atoms. The van der Waals surface area contributed by atoms with Gasteiger partial charge in [-0.05, 0) is 60.9 Å². The molecule has 2 unspecified atom stereocenters. The number of alkyl halides is 3. The third-order valence-corrected chi connectivity index (χ3v) is 7.35. The summed E-state index contributed by atoms with van der Waals surface area (Å²) in [5, 5.41) is 22.1. The molecular weight excluding hydrogens is 493 g/mol. The van der Waals surface area contributed by atoms with Crippen LogP contribution in [0.2, 0.25) is 0 Å². The monoisotopic (exact) mass is 526 g/mol. The minimum absolute atomic E-state index is 0.167. The Morgan fingerprint density at radius 3 is 2.33 bits per heavy atom. The number of carboxylic acids is 1. The molecule has 1 aliphatic heterocycles. The number of anilines is 1. The second-order valence-corrected chi connectivity index (χ2v) is 11.6. The van der Waals surface area contributed by atoms with Crippen LogP contribution >= 0.6 is 11.3 Å². The van der Waals surface area contributed by atoms with Crippen molar-refractivity contribution in [2.75, 3.05) is 18.1 Å². The summed E-state index contributed by atoms with van der Waals surface area (Å²) in [4.78, 5) is 24.9. The van der Waals surface area contributed by atoms with Crippen LogP contribution in [-0.2, 0) is 11.2 Å². The number of hydrazine groups is 1. The molecule has 10 heteroatoms. The van der Waals surface area contributed by atoms with E-state index in [-0.39, 0.29) is 16.8 Å². The number of carbonyl (C=O) groups is 2. The van der Waals surface area contributed by atoms with Crippen molar-refractivity contribution in [2.45, 2.75) is 65.2 Å². The Morgan fingerprint density at radius 1 is 1.11 bits per heavy atom. The van der Waals surface area contributed by atoms with E-state index in [2.05, 4.69) is 20.8 Å². The molecule has 1 aliphatic rings. The van der Waals surface area contributed by atoms with E-state index in [0.29, 0.717) is 30.5 Å². The van der Waals surface area contributed by atoms with E-state index in [0.717, 1.165) is 34.1 Å². The molecule has 2 N–H and O–H groups in total. The van der Waals surface area contributed by atoms with Gasteiger partial charge in [-0.25, -0.2) is 14.8 Å². The van der Waals surface area contributed by atoms with Gasteiger partial charge in [-0.1, -0.05) is 39.3 Å². The Balaban J connectivity index is 1.69. The lowest BCUT2D eigenvalue weighted by atomic mass is 9.88. The summed E-state index contributed by atoms with van der Waals surface area (Å²) in [5.41, 5.74) is 1.15. The molecule has 0 radical (unpaired) electrons. The molecule has 2 atom stereocenters. The molecule has 0 bridgehead atoms. The summed E-state index contributed by atoms with van der Waals surface area (Å²) in [6.07, 6.45) is -2.01. The summed E-state index contributed by atoms with van der Waals surface area (Å²) < 4.78 is 40.7. The number of thiophene rings is 1. The van der Waals surface area contributed by atoms with E-state index in [4.69, 9.17) is 5.11 Å². The third-order valence-electron chi connectivity index (χ3n) is 6.22. The first-order chi connectivity index (χ1) is 16.8. The van der Waals surface area contributed by atoms with Crippen LogP contribution in [0.15, 0.2) is 36.4 Å². The van der Waals surface area contributed by atoms with Gasteiger partial charge in [0, 0.05) is 18.0 Å². The molecule has 1 aromatic heterocycles. The standard InChI is InChI=1S/C26H33F3N2O4S/c1-25(2,3)14-4-7-21(32)17-8-10-18(11-9-17)31-23(33)20(26(27,28)29)16-30(31)15-5-6-19-12-13-22(36-19)24(34)35/h8-13,20-21,32H,4-7,14-16H2,1-3H3,(H,34,35).